The molecule has 3 rings (SSSR count). The number of hydrogen-bond acceptors (Lipinski definition) is 3. The van der Waals surface area contributed by atoms with Crippen molar-refractivity contribution in [1.29, 1.82) is 0 Å². The maximum Gasteiger partial charge on any atom is 0.127 e. The quantitative estimate of drug-likeness (QED) is 0.893. The molecule has 2 aliphatic rings. The minimum absolute atomic E-state index is 0.366. The fourth-order valence-corrected chi connectivity index (χ4v) is 3.50. The Morgan fingerprint density at radius 3 is 2.57 bits per heavy atom. The first-order valence-electron chi connectivity index (χ1n) is 8.45. The van der Waals surface area contributed by atoms with E-state index >= 15 is 0 Å². The fraction of sp³-hybridized carbons (Fsp3) is 0.722. The molecule has 116 valence electrons. The van der Waals surface area contributed by atoms with Crippen LogP contribution >= 0.6 is 0 Å². The van der Waals surface area contributed by atoms with E-state index in [4.69, 9.17) is 4.74 Å². The Hall–Kier alpha value is -1.09. The molecular weight excluding hydrogens is 260 g/mol. The average molecular weight is 288 g/mol. The van der Waals surface area contributed by atoms with Crippen LogP contribution < -0.4 is 10.1 Å². The summed E-state index contributed by atoms with van der Waals surface area (Å²) in [5, 5.41) is 3.57. The molecular formula is C18H28N2O. The first-order chi connectivity index (χ1) is 10.1. The second-order valence-electron chi connectivity index (χ2n) is 7.25. The SMILES string of the molecule is Cc1cc(OC2CC(C)CC(C)C2)c(CNC2CC2)cn1. The number of ether oxygens (including phenoxy) is 1. The zero-order valence-electron chi connectivity index (χ0n) is 13.6. The molecule has 21 heavy (non-hydrogen) atoms. The van der Waals surface area contributed by atoms with Crippen LogP contribution in [0.3, 0.4) is 0 Å². The third-order valence-corrected chi connectivity index (χ3v) is 4.67. The van der Waals surface area contributed by atoms with Crippen LogP contribution in [0.4, 0.5) is 0 Å². The minimum atomic E-state index is 0.366. The van der Waals surface area contributed by atoms with Gasteiger partial charge in [0.1, 0.15) is 5.75 Å². The van der Waals surface area contributed by atoms with Crippen LogP contribution in [0, 0.1) is 18.8 Å². The second kappa shape index (κ2) is 6.35. The summed E-state index contributed by atoms with van der Waals surface area (Å²) >= 11 is 0. The van der Waals surface area contributed by atoms with Gasteiger partial charge < -0.3 is 10.1 Å². The number of pyridine rings is 1. The van der Waals surface area contributed by atoms with Crippen LogP contribution in [-0.4, -0.2) is 17.1 Å². The summed E-state index contributed by atoms with van der Waals surface area (Å²) in [6, 6.07) is 2.82. The molecule has 0 radical (unpaired) electrons. The zero-order valence-corrected chi connectivity index (χ0v) is 13.6. The van der Waals surface area contributed by atoms with Gasteiger partial charge in [0.05, 0.1) is 6.10 Å². The highest BCUT2D eigenvalue weighted by Crippen LogP contribution is 2.32. The number of aromatic nitrogens is 1. The van der Waals surface area contributed by atoms with Crippen molar-refractivity contribution in [3.8, 4) is 5.75 Å². The first kappa shape index (κ1) is 14.8. The van der Waals surface area contributed by atoms with Gasteiger partial charge in [0.15, 0.2) is 0 Å². The van der Waals surface area contributed by atoms with E-state index in [0.29, 0.717) is 12.1 Å². The lowest BCUT2D eigenvalue weighted by Gasteiger charge is -2.32. The van der Waals surface area contributed by atoms with E-state index < -0.39 is 0 Å². The lowest BCUT2D eigenvalue weighted by molar-refractivity contribution is 0.0998. The summed E-state index contributed by atoms with van der Waals surface area (Å²) in [6.07, 6.45) is 8.68. The van der Waals surface area contributed by atoms with Gasteiger partial charge in [-0.15, -0.1) is 0 Å². The molecule has 2 unspecified atom stereocenters. The molecule has 0 amide bonds. The van der Waals surface area contributed by atoms with Crippen molar-refractivity contribution in [1.82, 2.24) is 10.3 Å². The topological polar surface area (TPSA) is 34.1 Å². The van der Waals surface area contributed by atoms with Crippen molar-refractivity contribution in [3.63, 3.8) is 0 Å². The molecule has 1 heterocycles. The van der Waals surface area contributed by atoms with E-state index in [1.54, 1.807) is 0 Å². The van der Waals surface area contributed by atoms with Gasteiger partial charge in [-0.25, -0.2) is 0 Å². The van der Waals surface area contributed by atoms with Gasteiger partial charge in [-0.1, -0.05) is 13.8 Å². The second-order valence-corrected chi connectivity index (χ2v) is 7.25. The van der Waals surface area contributed by atoms with Crippen LogP contribution in [0.1, 0.15) is 57.2 Å². The standard InChI is InChI=1S/C18H28N2O/c1-12-6-13(2)8-17(7-12)21-18-9-14(3)19-10-15(18)11-20-16-4-5-16/h9-10,12-13,16-17,20H,4-8,11H2,1-3H3. The molecule has 2 aliphatic carbocycles. The number of nitrogens with zero attached hydrogens (tertiary/aromatic N) is 1. The predicted octanol–water partition coefficient (Wildman–Crippen LogP) is 3.85. The average Bonchev–Trinajstić information content (AvgIpc) is 3.20. The number of rotatable bonds is 5. The first-order valence-corrected chi connectivity index (χ1v) is 8.45. The molecule has 3 heteroatoms. The van der Waals surface area contributed by atoms with Crippen LogP contribution in [0.2, 0.25) is 0 Å². The molecule has 0 aromatic carbocycles. The third-order valence-electron chi connectivity index (χ3n) is 4.67. The van der Waals surface area contributed by atoms with Crippen LogP contribution in [-0.2, 0) is 6.54 Å². The predicted molar refractivity (Wildman–Crippen MR) is 85.4 cm³/mol. The highest BCUT2D eigenvalue weighted by Gasteiger charge is 2.26. The molecule has 3 nitrogen and oxygen atoms in total. The number of nitrogens with one attached hydrogen (secondary N) is 1. The van der Waals surface area contributed by atoms with Crippen LogP contribution in [0.15, 0.2) is 12.3 Å². The molecule has 1 N–H and O–H groups in total. The molecule has 2 fully saturated rings. The van der Waals surface area contributed by atoms with Gasteiger partial charge in [0.2, 0.25) is 0 Å². The molecule has 2 saturated carbocycles. The van der Waals surface area contributed by atoms with Gasteiger partial charge in [-0.05, 0) is 50.9 Å². The normalized spacial score (nSPS) is 29.4. The Bertz CT molecular complexity index is 474. The smallest absolute Gasteiger partial charge is 0.127 e. The Morgan fingerprint density at radius 2 is 1.90 bits per heavy atom. The Morgan fingerprint density at radius 1 is 1.19 bits per heavy atom. The summed E-state index contributed by atoms with van der Waals surface area (Å²) < 4.78 is 6.38. The molecule has 1 aromatic rings. The largest absolute Gasteiger partial charge is 0.490 e. The monoisotopic (exact) mass is 288 g/mol. The van der Waals surface area contributed by atoms with E-state index in [-0.39, 0.29) is 0 Å². The number of aryl methyl sites for hydroxylation is 1. The lowest BCUT2D eigenvalue weighted by Crippen LogP contribution is -2.29. The van der Waals surface area contributed by atoms with Crippen molar-refractivity contribution in [3.05, 3.63) is 23.5 Å². The number of hydrogen-bond donors (Lipinski definition) is 1. The highest BCUT2D eigenvalue weighted by atomic mass is 16.5. The van der Waals surface area contributed by atoms with E-state index in [2.05, 4.69) is 30.2 Å². The molecule has 1 aromatic heterocycles. The molecule has 0 aliphatic heterocycles. The Labute approximate surface area is 128 Å². The molecule has 0 bridgehead atoms. The van der Waals surface area contributed by atoms with Crippen molar-refractivity contribution < 1.29 is 4.74 Å². The lowest BCUT2D eigenvalue weighted by atomic mass is 9.82. The van der Waals surface area contributed by atoms with E-state index in [0.717, 1.165) is 29.8 Å². The Balaban J connectivity index is 1.68. The van der Waals surface area contributed by atoms with Crippen molar-refractivity contribution in [2.45, 2.75) is 71.6 Å². The fourth-order valence-electron chi connectivity index (χ4n) is 3.50. The summed E-state index contributed by atoms with van der Waals surface area (Å²) in [5.41, 5.74) is 2.25. The van der Waals surface area contributed by atoms with E-state index in [1.165, 1.54) is 37.7 Å². The van der Waals surface area contributed by atoms with E-state index in [1.807, 2.05) is 13.1 Å². The zero-order chi connectivity index (χ0) is 14.8. The highest BCUT2D eigenvalue weighted by molar-refractivity contribution is 5.33. The molecule has 2 atom stereocenters. The van der Waals surface area contributed by atoms with Gasteiger partial charge in [-0.3, -0.25) is 4.98 Å². The van der Waals surface area contributed by atoms with Crippen LogP contribution in [0.25, 0.3) is 0 Å². The summed E-state index contributed by atoms with van der Waals surface area (Å²) in [7, 11) is 0. The van der Waals surface area contributed by atoms with Gasteiger partial charge >= 0.3 is 0 Å². The maximum absolute atomic E-state index is 6.38. The minimum Gasteiger partial charge on any atom is -0.490 e. The maximum atomic E-state index is 6.38. The molecule has 0 spiro atoms. The molecule has 0 saturated heterocycles. The Kier molecular flexibility index (Phi) is 4.48. The van der Waals surface area contributed by atoms with Gasteiger partial charge in [0.25, 0.3) is 0 Å². The van der Waals surface area contributed by atoms with Gasteiger partial charge in [0, 0.05) is 36.1 Å². The van der Waals surface area contributed by atoms with Crippen molar-refractivity contribution >= 4 is 0 Å². The van der Waals surface area contributed by atoms with Gasteiger partial charge in [-0.2, -0.15) is 0 Å². The third kappa shape index (κ3) is 4.19. The summed E-state index contributed by atoms with van der Waals surface area (Å²) in [5.74, 6) is 2.59. The van der Waals surface area contributed by atoms with Crippen LogP contribution in [0.5, 0.6) is 5.75 Å². The summed E-state index contributed by atoms with van der Waals surface area (Å²) in [6.45, 7) is 7.61. The summed E-state index contributed by atoms with van der Waals surface area (Å²) in [4.78, 5) is 4.44. The van der Waals surface area contributed by atoms with Crippen molar-refractivity contribution in [2.24, 2.45) is 11.8 Å². The van der Waals surface area contributed by atoms with Crippen molar-refractivity contribution in [2.75, 3.05) is 0 Å². The van der Waals surface area contributed by atoms with E-state index in [9.17, 15) is 0 Å².